The van der Waals surface area contributed by atoms with Crippen molar-refractivity contribution < 1.29 is 0 Å². The van der Waals surface area contributed by atoms with E-state index in [0.717, 1.165) is 18.4 Å². The van der Waals surface area contributed by atoms with Gasteiger partial charge in [-0.15, -0.1) is 0 Å². The highest BCUT2D eigenvalue weighted by atomic mass is 14.6. The first-order valence-electron chi connectivity index (χ1n) is 8.23. The van der Waals surface area contributed by atoms with Gasteiger partial charge in [-0.25, -0.2) is 0 Å². The average Bonchev–Trinajstić information content (AvgIpc) is 2.53. The second-order valence-corrected chi connectivity index (χ2v) is 6.86. The standard InChI is InChI=1S/C19H26N2/c1-13(2)15-6-7-16(11-20)18(10-15)17-5-3-4-14-8-9-21-12-19(14)17/h3-5,8-9,12-13,15-16,18H,6-7,10-11,20H2,1-2H3. The summed E-state index contributed by atoms with van der Waals surface area (Å²) in [6, 6.07) is 8.77. The number of fused-ring (bicyclic) bond motifs is 1. The third kappa shape index (κ3) is 2.82. The SMILES string of the molecule is CC(C)C1CCC(CN)C(c2cccc3ccncc23)C1. The molecule has 21 heavy (non-hydrogen) atoms. The average molecular weight is 282 g/mol. The van der Waals surface area contributed by atoms with Crippen LogP contribution in [-0.4, -0.2) is 11.5 Å². The summed E-state index contributed by atoms with van der Waals surface area (Å²) in [5.41, 5.74) is 7.54. The van der Waals surface area contributed by atoms with E-state index in [4.69, 9.17) is 5.73 Å². The number of benzene rings is 1. The second kappa shape index (κ2) is 6.15. The fourth-order valence-corrected chi connectivity index (χ4v) is 3.99. The minimum absolute atomic E-state index is 0.587. The molecule has 112 valence electrons. The summed E-state index contributed by atoms with van der Waals surface area (Å²) in [4.78, 5) is 4.34. The Morgan fingerprint density at radius 3 is 2.86 bits per heavy atom. The molecule has 3 rings (SSSR count). The molecule has 0 bridgehead atoms. The van der Waals surface area contributed by atoms with Crippen LogP contribution in [0.1, 0.15) is 44.6 Å². The maximum absolute atomic E-state index is 6.08. The van der Waals surface area contributed by atoms with Crippen LogP contribution in [-0.2, 0) is 0 Å². The van der Waals surface area contributed by atoms with Crippen LogP contribution in [0.25, 0.3) is 10.8 Å². The number of nitrogens with zero attached hydrogens (tertiary/aromatic N) is 1. The molecule has 3 unspecified atom stereocenters. The van der Waals surface area contributed by atoms with Crippen molar-refractivity contribution in [2.45, 2.75) is 39.0 Å². The predicted octanol–water partition coefficient (Wildman–Crippen LogP) is 4.35. The number of rotatable bonds is 3. The zero-order valence-corrected chi connectivity index (χ0v) is 13.1. The van der Waals surface area contributed by atoms with Crippen molar-refractivity contribution in [3.63, 3.8) is 0 Å². The molecule has 2 aromatic rings. The molecular formula is C19H26N2. The molecule has 1 aliphatic rings. The molecular weight excluding hydrogens is 256 g/mol. The van der Waals surface area contributed by atoms with E-state index in [9.17, 15) is 0 Å². The Bertz CT molecular complexity index is 600. The zero-order valence-electron chi connectivity index (χ0n) is 13.1. The third-order valence-electron chi connectivity index (χ3n) is 5.40. The highest BCUT2D eigenvalue weighted by Gasteiger charge is 2.32. The zero-order chi connectivity index (χ0) is 14.8. The van der Waals surface area contributed by atoms with Gasteiger partial charge in [-0.1, -0.05) is 32.0 Å². The normalized spacial score (nSPS) is 26.4. The summed E-state index contributed by atoms with van der Waals surface area (Å²) < 4.78 is 0. The van der Waals surface area contributed by atoms with E-state index in [1.165, 1.54) is 35.6 Å². The molecule has 2 nitrogen and oxygen atoms in total. The van der Waals surface area contributed by atoms with Gasteiger partial charge in [-0.05, 0) is 66.5 Å². The first-order valence-corrected chi connectivity index (χ1v) is 8.23. The highest BCUT2D eigenvalue weighted by molar-refractivity contribution is 5.85. The molecule has 0 radical (unpaired) electrons. The highest BCUT2D eigenvalue weighted by Crippen LogP contribution is 2.44. The molecule has 3 atom stereocenters. The Kier molecular flexibility index (Phi) is 4.25. The van der Waals surface area contributed by atoms with Gasteiger partial charge in [0.05, 0.1) is 0 Å². The van der Waals surface area contributed by atoms with Crippen molar-refractivity contribution in [2.75, 3.05) is 6.54 Å². The molecule has 0 spiro atoms. The summed E-state index contributed by atoms with van der Waals surface area (Å²) in [6.07, 6.45) is 7.77. The topological polar surface area (TPSA) is 38.9 Å². The number of hydrogen-bond donors (Lipinski definition) is 1. The minimum atomic E-state index is 0.587. The van der Waals surface area contributed by atoms with Crippen LogP contribution in [0, 0.1) is 17.8 Å². The first-order chi connectivity index (χ1) is 10.2. The van der Waals surface area contributed by atoms with Crippen LogP contribution < -0.4 is 5.73 Å². The maximum Gasteiger partial charge on any atom is 0.0349 e. The van der Waals surface area contributed by atoms with E-state index in [0.29, 0.717) is 11.8 Å². The van der Waals surface area contributed by atoms with E-state index in [1.807, 2.05) is 12.4 Å². The van der Waals surface area contributed by atoms with E-state index in [-0.39, 0.29) is 0 Å². The molecule has 0 saturated heterocycles. The fourth-order valence-electron chi connectivity index (χ4n) is 3.99. The number of pyridine rings is 1. The van der Waals surface area contributed by atoms with E-state index < -0.39 is 0 Å². The maximum atomic E-state index is 6.08. The van der Waals surface area contributed by atoms with E-state index >= 15 is 0 Å². The first kappa shape index (κ1) is 14.5. The monoisotopic (exact) mass is 282 g/mol. The van der Waals surface area contributed by atoms with Gasteiger partial charge in [0.25, 0.3) is 0 Å². The molecule has 2 N–H and O–H groups in total. The molecule has 1 aliphatic carbocycles. The molecule has 0 amide bonds. The molecule has 1 aromatic carbocycles. The largest absolute Gasteiger partial charge is 0.330 e. The lowest BCUT2D eigenvalue weighted by molar-refractivity contribution is 0.198. The van der Waals surface area contributed by atoms with Gasteiger partial charge >= 0.3 is 0 Å². The van der Waals surface area contributed by atoms with E-state index in [2.05, 4.69) is 43.1 Å². The lowest BCUT2D eigenvalue weighted by Gasteiger charge is -2.38. The van der Waals surface area contributed by atoms with Crippen LogP contribution in [0.3, 0.4) is 0 Å². The minimum Gasteiger partial charge on any atom is -0.330 e. The smallest absolute Gasteiger partial charge is 0.0349 e. The van der Waals surface area contributed by atoms with Crippen LogP contribution in [0.4, 0.5) is 0 Å². The Labute approximate surface area is 127 Å². The molecule has 1 fully saturated rings. The van der Waals surface area contributed by atoms with E-state index in [1.54, 1.807) is 0 Å². The Hall–Kier alpha value is -1.41. The van der Waals surface area contributed by atoms with Gasteiger partial charge in [0.15, 0.2) is 0 Å². The van der Waals surface area contributed by atoms with Gasteiger partial charge in [0, 0.05) is 17.8 Å². The third-order valence-corrected chi connectivity index (χ3v) is 5.40. The Morgan fingerprint density at radius 1 is 1.24 bits per heavy atom. The van der Waals surface area contributed by atoms with Gasteiger partial charge < -0.3 is 5.73 Å². The van der Waals surface area contributed by atoms with Crippen molar-refractivity contribution >= 4 is 10.8 Å². The van der Waals surface area contributed by atoms with Crippen LogP contribution >= 0.6 is 0 Å². The van der Waals surface area contributed by atoms with Crippen molar-refractivity contribution in [3.05, 3.63) is 42.2 Å². The quantitative estimate of drug-likeness (QED) is 0.909. The van der Waals surface area contributed by atoms with Gasteiger partial charge in [0.2, 0.25) is 0 Å². The van der Waals surface area contributed by atoms with Crippen molar-refractivity contribution in [1.29, 1.82) is 0 Å². The number of aromatic nitrogens is 1. The summed E-state index contributed by atoms with van der Waals surface area (Å²) in [5.74, 6) is 2.79. The Morgan fingerprint density at radius 2 is 2.10 bits per heavy atom. The molecule has 0 aliphatic heterocycles. The van der Waals surface area contributed by atoms with Crippen LogP contribution in [0.5, 0.6) is 0 Å². The lowest BCUT2D eigenvalue weighted by Crippen LogP contribution is -2.30. The number of nitrogens with two attached hydrogens (primary N) is 1. The summed E-state index contributed by atoms with van der Waals surface area (Å²) >= 11 is 0. The number of hydrogen-bond acceptors (Lipinski definition) is 2. The predicted molar refractivity (Wildman–Crippen MR) is 89.2 cm³/mol. The molecule has 1 heterocycles. The van der Waals surface area contributed by atoms with Crippen LogP contribution in [0.15, 0.2) is 36.7 Å². The van der Waals surface area contributed by atoms with Gasteiger partial charge in [-0.3, -0.25) is 4.98 Å². The fraction of sp³-hybridized carbons (Fsp3) is 0.526. The molecule has 1 saturated carbocycles. The van der Waals surface area contributed by atoms with Crippen molar-refractivity contribution in [3.8, 4) is 0 Å². The lowest BCUT2D eigenvalue weighted by atomic mass is 9.68. The van der Waals surface area contributed by atoms with Crippen molar-refractivity contribution in [1.82, 2.24) is 4.98 Å². The summed E-state index contributed by atoms with van der Waals surface area (Å²) in [7, 11) is 0. The summed E-state index contributed by atoms with van der Waals surface area (Å²) in [5, 5.41) is 2.61. The second-order valence-electron chi connectivity index (χ2n) is 6.86. The molecule has 2 heteroatoms. The molecule has 1 aromatic heterocycles. The van der Waals surface area contributed by atoms with Crippen molar-refractivity contribution in [2.24, 2.45) is 23.5 Å². The van der Waals surface area contributed by atoms with Crippen LogP contribution in [0.2, 0.25) is 0 Å². The van der Waals surface area contributed by atoms with Gasteiger partial charge in [0.1, 0.15) is 0 Å². The van der Waals surface area contributed by atoms with Gasteiger partial charge in [-0.2, -0.15) is 0 Å². The summed E-state index contributed by atoms with van der Waals surface area (Å²) in [6.45, 7) is 5.51. The Balaban J connectivity index is 2.01.